The van der Waals surface area contributed by atoms with Crippen molar-refractivity contribution < 1.29 is 27.1 Å². The fourth-order valence-electron chi connectivity index (χ4n) is 2.83. The number of aldehydes is 1. The van der Waals surface area contributed by atoms with Crippen LogP contribution < -0.4 is 9.64 Å². The summed E-state index contributed by atoms with van der Waals surface area (Å²) in [6.07, 6.45) is -1.42. The van der Waals surface area contributed by atoms with Crippen LogP contribution in [0, 0.1) is 5.82 Å². The Bertz CT molecular complexity index is 1120. The molecular weight excluding hydrogens is 504 g/mol. The van der Waals surface area contributed by atoms with Gasteiger partial charge in [0, 0.05) is 22.8 Å². The van der Waals surface area contributed by atoms with Crippen LogP contribution in [-0.4, -0.2) is 11.3 Å². The van der Waals surface area contributed by atoms with E-state index in [1.807, 2.05) is 13.8 Å². The number of nitrogens with zero attached hydrogens (tertiary/aromatic N) is 2. The molecule has 0 bridgehead atoms. The molecule has 0 radical (unpaired) electrons. The molecule has 0 N–H and O–H groups in total. The van der Waals surface area contributed by atoms with Gasteiger partial charge in [-0.25, -0.2) is 9.37 Å². The zero-order valence-electron chi connectivity index (χ0n) is 17.9. The number of benzene rings is 2. The van der Waals surface area contributed by atoms with Gasteiger partial charge in [-0.05, 0) is 54.2 Å². The van der Waals surface area contributed by atoms with Crippen molar-refractivity contribution in [3.8, 4) is 11.6 Å². The van der Waals surface area contributed by atoms with E-state index < -0.39 is 23.4 Å². The minimum atomic E-state index is -4.64. The van der Waals surface area contributed by atoms with Crippen LogP contribution in [0.4, 0.5) is 23.2 Å². The van der Waals surface area contributed by atoms with E-state index >= 15 is 0 Å². The van der Waals surface area contributed by atoms with Gasteiger partial charge in [0.15, 0.2) is 6.29 Å². The molecule has 0 atom stereocenters. The van der Waals surface area contributed by atoms with Crippen LogP contribution in [0.25, 0.3) is 0 Å². The quantitative estimate of drug-likeness (QED) is 0.233. The summed E-state index contributed by atoms with van der Waals surface area (Å²) in [6.45, 7) is 8.01. The first kappa shape index (κ1) is 26.1. The van der Waals surface area contributed by atoms with Crippen LogP contribution >= 0.6 is 15.9 Å². The Morgan fingerprint density at radius 1 is 1.15 bits per heavy atom. The zero-order valence-corrected chi connectivity index (χ0v) is 19.5. The number of rotatable bonds is 7. The van der Waals surface area contributed by atoms with Crippen molar-refractivity contribution in [2.75, 3.05) is 4.90 Å². The maximum Gasteiger partial charge on any atom is 0.421 e. The summed E-state index contributed by atoms with van der Waals surface area (Å²) < 4.78 is 58.7. The van der Waals surface area contributed by atoms with Crippen molar-refractivity contribution in [2.45, 2.75) is 26.6 Å². The van der Waals surface area contributed by atoms with Gasteiger partial charge in [0.25, 0.3) is 0 Å². The van der Waals surface area contributed by atoms with Crippen LogP contribution in [0.1, 0.15) is 35.3 Å². The molecule has 174 valence electrons. The van der Waals surface area contributed by atoms with E-state index in [0.29, 0.717) is 16.4 Å². The Balaban J connectivity index is 0.00000187. The van der Waals surface area contributed by atoms with Crippen molar-refractivity contribution in [1.82, 2.24) is 4.98 Å². The van der Waals surface area contributed by atoms with Crippen molar-refractivity contribution >= 4 is 27.9 Å². The average Bonchev–Trinajstić information content (AvgIpc) is 2.80. The molecule has 0 saturated carbocycles. The van der Waals surface area contributed by atoms with Crippen molar-refractivity contribution in [2.24, 2.45) is 0 Å². The number of halogens is 5. The molecule has 4 nitrogen and oxygen atoms in total. The Kier molecular flexibility index (Phi) is 9.16. The molecule has 33 heavy (non-hydrogen) atoms. The van der Waals surface area contributed by atoms with E-state index in [1.54, 1.807) is 11.0 Å². The first-order chi connectivity index (χ1) is 15.7. The Labute approximate surface area is 197 Å². The highest BCUT2D eigenvalue weighted by molar-refractivity contribution is 9.10. The minimum Gasteiger partial charge on any atom is -0.438 e. The van der Waals surface area contributed by atoms with Crippen LogP contribution in [-0.2, 0) is 12.7 Å². The number of ether oxygens (including phenoxy) is 1. The number of carbonyl (C=O) groups excluding carboxylic acids is 1. The summed E-state index contributed by atoms with van der Waals surface area (Å²) in [5.41, 5.74) is 0.327. The molecule has 1 heterocycles. The first-order valence-electron chi connectivity index (χ1n) is 9.85. The predicted molar refractivity (Wildman–Crippen MR) is 123 cm³/mol. The average molecular weight is 525 g/mol. The molecule has 0 saturated heterocycles. The fraction of sp³-hybridized carbons (Fsp3) is 0.167. The van der Waals surface area contributed by atoms with E-state index in [2.05, 4.69) is 27.5 Å². The van der Waals surface area contributed by atoms with Gasteiger partial charge in [0.05, 0.1) is 5.69 Å². The van der Waals surface area contributed by atoms with E-state index in [9.17, 15) is 22.4 Å². The van der Waals surface area contributed by atoms with E-state index in [0.717, 1.165) is 17.7 Å². The van der Waals surface area contributed by atoms with Gasteiger partial charge in [0.1, 0.15) is 17.1 Å². The lowest BCUT2D eigenvalue weighted by molar-refractivity contribution is -0.138. The highest BCUT2D eigenvalue weighted by Crippen LogP contribution is 2.37. The Hall–Kier alpha value is -3.20. The molecule has 3 rings (SSSR count). The number of hydrogen-bond acceptors (Lipinski definition) is 4. The highest BCUT2D eigenvalue weighted by Gasteiger charge is 2.35. The lowest BCUT2D eigenvalue weighted by Crippen LogP contribution is -2.17. The van der Waals surface area contributed by atoms with Gasteiger partial charge in [-0.3, -0.25) is 4.79 Å². The second kappa shape index (κ2) is 11.6. The summed E-state index contributed by atoms with van der Waals surface area (Å²) in [4.78, 5) is 17.0. The van der Waals surface area contributed by atoms with Crippen molar-refractivity contribution in [1.29, 1.82) is 0 Å². The summed E-state index contributed by atoms with van der Waals surface area (Å²) in [5, 5.41) is 0. The molecule has 0 fully saturated rings. The smallest absolute Gasteiger partial charge is 0.421 e. The summed E-state index contributed by atoms with van der Waals surface area (Å²) in [5.74, 6) is -0.999. The molecule has 0 aliphatic rings. The lowest BCUT2D eigenvalue weighted by Gasteiger charge is -2.23. The number of hydrogen-bond donors (Lipinski definition) is 0. The highest BCUT2D eigenvalue weighted by atomic mass is 79.9. The summed E-state index contributed by atoms with van der Waals surface area (Å²) in [6, 6.07) is 10.5. The number of aromatic nitrogens is 1. The topological polar surface area (TPSA) is 42.4 Å². The summed E-state index contributed by atoms with van der Waals surface area (Å²) in [7, 11) is 0. The van der Waals surface area contributed by atoms with Gasteiger partial charge in [-0.15, -0.1) is 0 Å². The normalized spacial score (nSPS) is 10.6. The molecule has 0 aliphatic carbocycles. The maximum atomic E-state index is 13.3. The molecule has 2 aromatic carbocycles. The Morgan fingerprint density at radius 3 is 2.48 bits per heavy atom. The molecule has 0 unspecified atom stereocenters. The van der Waals surface area contributed by atoms with E-state index in [-0.39, 0.29) is 17.9 Å². The minimum absolute atomic E-state index is 0.0158. The largest absolute Gasteiger partial charge is 0.438 e. The monoisotopic (exact) mass is 524 g/mol. The van der Waals surface area contributed by atoms with Crippen LogP contribution in [0.15, 0.2) is 72.0 Å². The molecule has 0 spiro atoms. The number of pyridine rings is 1. The fourth-order valence-corrected chi connectivity index (χ4v) is 3.31. The number of carbonyl (C=O) groups is 1. The third kappa shape index (κ3) is 6.64. The van der Waals surface area contributed by atoms with Gasteiger partial charge < -0.3 is 9.64 Å². The van der Waals surface area contributed by atoms with E-state index in [1.165, 1.54) is 42.7 Å². The Morgan fingerprint density at radius 2 is 1.88 bits per heavy atom. The maximum absolute atomic E-state index is 13.3. The van der Waals surface area contributed by atoms with Crippen molar-refractivity contribution in [3.63, 3.8) is 0 Å². The van der Waals surface area contributed by atoms with Gasteiger partial charge in [0.2, 0.25) is 5.88 Å². The molecule has 1 aromatic heterocycles. The standard InChI is InChI=1S/C22H15BrF4N2O2.C2H6/c1-2-29(12-14-5-6-16(24)11-19(14)23)20-8-7-17(10-15(20)13-30)31-21-18(22(25,26)27)4-3-9-28-21;1-2/h2-11,13H,1,12H2;1-2H3. The summed E-state index contributed by atoms with van der Waals surface area (Å²) >= 11 is 3.30. The van der Waals surface area contributed by atoms with Crippen LogP contribution in [0.2, 0.25) is 0 Å². The molecule has 9 heteroatoms. The van der Waals surface area contributed by atoms with Crippen LogP contribution in [0.5, 0.6) is 11.6 Å². The molecule has 3 aromatic rings. The molecule has 0 amide bonds. The van der Waals surface area contributed by atoms with Gasteiger partial charge in [-0.1, -0.05) is 42.4 Å². The third-order valence-corrected chi connectivity index (χ3v) is 5.04. The van der Waals surface area contributed by atoms with E-state index in [4.69, 9.17) is 4.74 Å². The first-order valence-corrected chi connectivity index (χ1v) is 10.6. The van der Waals surface area contributed by atoms with Crippen LogP contribution in [0.3, 0.4) is 0 Å². The van der Waals surface area contributed by atoms with Gasteiger partial charge in [-0.2, -0.15) is 13.2 Å². The lowest BCUT2D eigenvalue weighted by atomic mass is 10.1. The number of anilines is 1. The number of alkyl halides is 3. The zero-order chi connectivity index (χ0) is 24.6. The predicted octanol–water partition coefficient (Wildman–Crippen LogP) is 7.78. The second-order valence-corrected chi connectivity index (χ2v) is 7.19. The third-order valence-electron chi connectivity index (χ3n) is 4.30. The van der Waals surface area contributed by atoms with Gasteiger partial charge >= 0.3 is 6.18 Å². The molecule has 0 aliphatic heterocycles. The second-order valence-electron chi connectivity index (χ2n) is 6.34. The molecular formula is C24H21BrF4N2O2. The SMILES string of the molecule is C=CN(Cc1ccc(F)cc1Br)c1ccc(Oc2ncccc2C(F)(F)F)cc1C=O.CC. The van der Waals surface area contributed by atoms with Crippen molar-refractivity contribution in [3.05, 3.63) is 94.5 Å².